The first-order chi connectivity index (χ1) is 21.9. The third-order valence-electron chi connectivity index (χ3n) is 9.28. The van der Waals surface area contributed by atoms with Crippen LogP contribution in [0.25, 0.3) is 88.5 Å². The van der Waals surface area contributed by atoms with E-state index < -0.39 is 0 Å². The quantitative estimate of drug-likeness (QED) is 0.207. The van der Waals surface area contributed by atoms with E-state index in [0.29, 0.717) is 0 Å². The van der Waals surface area contributed by atoms with Gasteiger partial charge < -0.3 is 9.13 Å². The van der Waals surface area contributed by atoms with Crippen LogP contribution < -0.4 is 0 Å². The van der Waals surface area contributed by atoms with E-state index in [1.807, 2.05) is 6.20 Å². The van der Waals surface area contributed by atoms with Crippen LogP contribution in [0.5, 0.6) is 0 Å². The molecule has 6 aromatic carbocycles. The average molecular weight is 560 g/mol. The first kappa shape index (κ1) is 23.6. The molecule has 10 rings (SSSR count). The second kappa shape index (κ2) is 8.79. The summed E-state index contributed by atoms with van der Waals surface area (Å²) in [6, 6.07) is 52.7. The van der Waals surface area contributed by atoms with Crippen molar-refractivity contribution in [3.05, 3.63) is 152 Å². The largest absolute Gasteiger partial charge is 0.309 e. The molecule has 0 saturated carbocycles. The minimum Gasteiger partial charge on any atom is -0.309 e. The van der Waals surface area contributed by atoms with Crippen molar-refractivity contribution in [1.82, 2.24) is 14.1 Å². The maximum absolute atomic E-state index is 5.05. The zero-order valence-electron chi connectivity index (χ0n) is 23.8. The molecule has 44 heavy (non-hydrogen) atoms. The number of hydrogen-bond donors (Lipinski definition) is 0. The summed E-state index contributed by atoms with van der Waals surface area (Å²) in [6.07, 6.45) is 1.92. The number of benzene rings is 6. The Bertz CT molecular complexity index is 2600. The fourth-order valence-electron chi connectivity index (χ4n) is 7.49. The standard InChI is InChI=1S/C41H25N3/c1-2-12-26(13-3-1)27-14-10-15-28(24-27)43-35-20-7-5-17-30(35)33-25-34-39-31(19-11-23-42-39)29-16-4-8-21-36(29)44-37-22-9-6-18-32(37)38(40(33)43)41(34)44/h1-25H. The van der Waals surface area contributed by atoms with Gasteiger partial charge in [-0.3, -0.25) is 4.98 Å². The Hall–Kier alpha value is -5.93. The second-order valence-corrected chi connectivity index (χ2v) is 11.6. The van der Waals surface area contributed by atoms with Crippen molar-refractivity contribution in [2.24, 2.45) is 0 Å². The van der Waals surface area contributed by atoms with Gasteiger partial charge in [0.15, 0.2) is 0 Å². The van der Waals surface area contributed by atoms with Crippen LogP contribution >= 0.6 is 0 Å². The lowest BCUT2D eigenvalue weighted by Crippen LogP contribution is -1.97. The predicted molar refractivity (Wildman–Crippen MR) is 183 cm³/mol. The fourth-order valence-corrected chi connectivity index (χ4v) is 7.49. The summed E-state index contributed by atoms with van der Waals surface area (Å²) in [5, 5.41) is 4.97. The average Bonchev–Trinajstić information content (AvgIpc) is 3.57. The Balaban J connectivity index is 1.45. The Morgan fingerprint density at radius 3 is 2.02 bits per heavy atom. The van der Waals surface area contributed by atoms with E-state index in [9.17, 15) is 0 Å². The molecule has 204 valence electrons. The van der Waals surface area contributed by atoms with Crippen LogP contribution in [0.4, 0.5) is 0 Å². The Labute approximate surface area is 253 Å². The van der Waals surface area contributed by atoms with E-state index in [1.54, 1.807) is 0 Å². The maximum atomic E-state index is 5.05. The maximum Gasteiger partial charge on any atom is 0.0802 e. The highest BCUT2D eigenvalue weighted by Gasteiger charge is 2.28. The van der Waals surface area contributed by atoms with Crippen LogP contribution in [-0.4, -0.2) is 14.1 Å². The van der Waals surface area contributed by atoms with Crippen molar-refractivity contribution in [3.8, 4) is 44.9 Å². The molecule has 0 bridgehead atoms. The normalized spacial score (nSPS) is 12.1. The summed E-state index contributed by atoms with van der Waals surface area (Å²) in [6.45, 7) is 0. The molecule has 0 unspecified atom stereocenters. The van der Waals surface area contributed by atoms with Crippen molar-refractivity contribution >= 4 is 43.6 Å². The van der Waals surface area contributed by atoms with Crippen molar-refractivity contribution in [1.29, 1.82) is 0 Å². The van der Waals surface area contributed by atoms with E-state index in [0.717, 1.165) is 22.5 Å². The molecular weight excluding hydrogens is 534 g/mol. The van der Waals surface area contributed by atoms with Gasteiger partial charge in [-0.15, -0.1) is 0 Å². The molecule has 0 N–H and O–H groups in total. The van der Waals surface area contributed by atoms with Gasteiger partial charge in [-0.25, -0.2) is 0 Å². The molecular formula is C41H25N3. The number of aromatic nitrogens is 3. The molecule has 0 saturated heterocycles. The van der Waals surface area contributed by atoms with E-state index >= 15 is 0 Å². The first-order valence-corrected chi connectivity index (χ1v) is 15.1. The lowest BCUT2D eigenvalue weighted by atomic mass is 9.96. The molecule has 1 aliphatic heterocycles. The number of fused-ring (bicyclic) bond motifs is 12. The van der Waals surface area contributed by atoms with Crippen molar-refractivity contribution in [2.45, 2.75) is 0 Å². The van der Waals surface area contributed by atoms with E-state index in [1.165, 1.54) is 66.0 Å². The van der Waals surface area contributed by atoms with E-state index in [2.05, 4.69) is 155 Å². The van der Waals surface area contributed by atoms with Gasteiger partial charge in [0, 0.05) is 50.1 Å². The topological polar surface area (TPSA) is 22.8 Å². The fraction of sp³-hybridized carbons (Fsp3) is 0. The number of para-hydroxylation sites is 3. The summed E-state index contributed by atoms with van der Waals surface area (Å²) < 4.78 is 4.95. The van der Waals surface area contributed by atoms with Crippen LogP contribution in [-0.2, 0) is 0 Å². The van der Waals surface area contributed by atoms with Crippen LogP contribution in [0, 0.1) is 0 Å². The lowest BCUT2D eigenvalue weighted by Gasteiger charge is -2.13. The second-order valence-electron chi connectivity index (χ2n) is 11.6. The van der Waals surface area contributed by atoms with Crippen LogP contribution in [0.1, 0.15) is 0 Å². The van der Waals surface area contributed by atoms with Gasteiger partial charge in [0.05, 0.1) is 33.4 Å². The molecule has 9 aromatic rings. The smallest absolute Gasteiger partial charge is 0.0802 e. The zero-order valence-corrected chi connectivity index (χ0v) is 23.8. The third-order valence-corrected chi connectivity index (χ3v) is 9.28. The number of pyridine rings is 1. The van der Waals surface area contributed by atoms with E-state index in [-0.39, 0.29) is 0 Å². The molecule has 4 heterocycles. The molecule has 0 atom stereocenters. The molecule has 0 radical (unpaired) electrons. The van der Waals surface area contributed by atoms with Crippen molar-refractivity contribution in [2.75, 3.05) is 0 Å². The molecule has 3 aromatic heterocycles. The summed E-state index contributed by atoms with van der Waals surface area (Å²) in [5.41, 5.74) is 14.1. The predicted octanol–water partition coefficient (Wildman–Crippen LogP) is 10.6. The summed E-state index contributed by atoms with van der Waals surface area (Å²) in [4.78, 5) is 5.05. The number of hydrogen-bond acceptors (Lipinski definition) is 1. The summed E-state index contributed by atoms with van der Waals surface area (Å²) in [7, 11) is 0. The van der Waals surface area contributed by atoms with Gasteiger partial charge in [-0.2, -0.15) is 0 Å². The Kier molecular flexibility index (Phi) is 4.72. The first-order valence-electron chi connectivity index (χ1n) is 15.1. The third kappa shape index (κ3) is 3.08. The molecule has 0 fully saturated rings. The highest BCUT2D eigenvalue weighted by atomic mass is 15.0. The SMILES string of the molecule is c1ccc(-c2cccc(-n3c4ccccc4c4cc5c6c(c7ccccc7n6-c6ccccc6-c6cccnc6-5)c43)c2)cc1. The monoisotopic (exact) mass is 559 g/mol. The van der Waals surface area contributed by atoms with Gasteiger partial charge in [0.25, 0.3) is 0 Å². The van der Waals surface area contributed by atoms with Crippen LogP contribution in [0.15, 0.2) is 152 Å². The number of rotatable bonds is 2. The summed E-state index contributed by atoms with van der Waals surface area (Å²) in [5.74, 6) is 0. The highest BCUT2D eigenvalue weighted by Crippen LogP contribution is 2.50. The van der Waals surface area contributed by atoms with Crippen LogP contribution in [0.2, 0.25) is 0 Å². The van der Waals surface area contributed by atoms with E-state index in [4.69, 9.17) is 4.98 Å². The molecule has 3 nitrogen and oxygen atoms in total. The van der Waals surface area contributed by atoms with Crippen molar-refractivity contribution in [3.63, 3.8) is 0 Å². The molecule has 1 aliphatic rings. The lowest BCUT2D eigenvalue weighted by molar-refractivity contribution is 1.18. The Morgan fingerprint density at radius 2 is 1.14 bits per heavy atom. The molecule has 0 spiro atoms. The zero-order chi connectivity index (χ0) is 28.8. The molecule has 0 amide bonds. The number of nitrogens with zero attached hydrogens (tertiary/aromatic N) is 3. The molecule has 0 aliphatic carbocycles. The summed E-state index contributed by atoms with van der Waals surface area (Å²) >= 11 is 0. The van der Waals surface area contributed by atoms with Gasteiger partial charge >= 0.3 is 0 Å². The minimum atomic E-state index is 1.02. The van der Waals surface area contributed by atoms with Gasteiger partial charge in [0.1, 0.15) is 0 Å². The van der Waals surface area contributed by atoms with Gasteiger partial charge in [-0.05, 0) is 53.6 Å². The highest BCUT2D eigenvalue weighted by molar-refractivity contribution is 6.30. The van der Waals surface area contributed by atoms with Gasteiger partial charge in [-0.1, -0.05) is 103 Å². The van der Waals surface area contributed by atoms with Crippen molar-refractivity contribution < 1.29 is 0 Å². The van der Waals surface area contributed by atoms with Crippen LogP contribution in [0.3, 0.4) is 0 Å². The Morgan fingerprint density at radius 1 is 0.432 bits per heavy atom. The molecule has 3 heteroatoms. The van der Waals surface area contributed by atoms with Gasteiger partial charge in [0.2, 0.25) is 0 Å². The minimum absolute atomic E-state index is 1.02.